The molecule has 0 radical (unpaired) electrons. The number of aliphatic hydroxyl groups is 1. The van der Waals surface area contributed by atoms with Crippen LogP contribution in [0.15, 0.2) is 0 Å². The van der Waals surface area contributed by atoms with Crippen LogP contribution in [0.3, 0.4) is 0 Å². The van der Waals surface area contributed by atoms with E-state index in [-0.39, 0.29) is 12.2 Å². The zero-order valence-corrected chi connectivity index (χ0v) is 4.71. The third-order valence-electron chi connectivity index (χ3n) is 2.08. The molecular formula is C6H10O2. The molecule has 46 valence electrons. The van der Waals surface area contributed by atoms with E-state index in [2.05, 4.69) is 0 Å². The van der Waals surface area contributed by atoms with Crippen molar-refractivity contribution in [2.24, 2.45) is 0 Å². The Labute approximate surface area is 48.5 Å². The van der Waals surface area contributed by atoms with Gasteiger partial charge in [0.05, 0.1) is 18.3 Å². The SMILES string of the molecule is OC1CCC2CC1O2. The fraction of sp³-hybridized carbons (Fsp3) is 1.00. The Morgan fingerprint density at radius 3 is 2.38 bits per heavy atom. The second kappa shape index (κ2) is 1.45. The van der Waals surface area contributed by atoms with Gasteiger partial charge in [0.25, 0.3) is 0 Å². The number of rotatable bonds is 0. The van der Waals surface area contributed by atoms with Crippen LogP contribution in [0.4, 0.5) is 0 Å². The van der Waals surface area contributed by atoms with Crippen molar-refractivity contribution < 1.29 is 9.84 Å². The Morgan fingerprint density at radius 1 is 1.38 bits per heavy atom. The molecule has 2 bridgehead atoms. The Balaban J connectivity index is 2.01. The van der Waals surface area contributed by atoms with Crippen LogP contribution in [0, 0.1) is 0 Å². The van der Waals surface area contributed by atoms with Gasteiger partial charge in [-0.2, -0.15) is 0 Å². The van der Waals surface area contributed by atoms with Gasteiger partial charge in [0.15, 0.2) is 0 Å². The maximum Gasteiger partial charge on any atom is 0.0862 e. The smallest absolute Gasteiger partial charge is 0.0862 e. The summed E-state index contributed by atoms with van der Waals surface area (Å²) >= 11 is 0. The van der Waals surface area contributed by atoms with Crippen LogP contribution in [-0.2, 0) is 4.74 Å². The molecule has 2 saturated heterocycles. The van der Waals surface area contributed by atoms with Crippen molar-refractivity contribution >= 4 is 0 Å². The molecule has 2 nitrogen and oxygen atoms in total. The molecule has 3 atom stereocenters. The van der Waals surface area contributed by atoms with Crippen LogP contribution in [0.1, 0.15) is 19.3 Å². The molecule has 0 aromatic heterocycles. The molecule has 8 heavy (non-hydrogen) atoms. The first-order valence-corrected chi connectivity index (χ1v) is 3.20. The first-order valence-electron chi connectivity index (χ1n) is 3.20. The normalized spacial score (nSPS) is 52.9. The molecule has 3 unspecified atom stereocenters. The molecule has 0 spiro atoms. The van der Waals surface area contributed by atoms with Gasteiger partial charge in [-0.1, -0.05) is 0 Å². The van der Waals surface area contributed by atoms with Gasteiger partial charge in [-0.15, -0.1) is 0 Å². The molecule has 0 amide bonds. The fourth-order valence-electron chi connectivity index (χ4n) is 1.47. The van der Waals surface area contributed by atoms with Crippen molar-refractivity contribution in [3.05, 3.63) is 0 Å². The Hall–Kier alpha value is -0.0800. The van der Waals surface area contributed by atoms with Gasteiger partial charge in [-0.3, -0.25) is 0 Å². The molecule has 1 saturated carbocycles. The predicted octanol–water partition coefficient (Wildman–Crippen LogP) is 0.299. The van der Waals surface area contributed by atoms with Gasteiger partial charge in [0.1, 0.15) is 0 Å². The molecule has 2 heteroatoms. The molecule has 3 rings (SSSR count). The highest BCUT2D eigenvalue weighted by Crippen LogP contribution is 2.34. The lowest BCUT2D eigenvalue weighted by molar-refractivity contribution is -0.206. The molecule has 2 heterocycles. The number of hydrogen-bond donors (Lipinski definition) is 1. The van der Waals surface area contributed by atoms with Crippen molar-refractivity contribution in [3.63, 3.8) is 0 Å². The lowest BCUT2D eigenvalue weighted by Gasteiger charge is -2.44. The third-order valence-corrected chi connectivity index (χ3v) is 2.08. The summed E-state index contributed by atoms with van der Waals surface area (Å²) in [6.45, 7) is 0. The van der Waals surface area contributed by atoms with Gasteiger partial charge >= 0.3 is 0 Å². The van der Waals surface area contributed by atoms with Crippen molar-refractivity contribution in [3.8, 4) is 0 Å². The van der Waals surface area contributed by atoms with Crippen molar-refractivity contribution in [1.29, 1.82) is 0 Å². The zero-order chi connectivity index (χ0) is 5.56. The average Bonchev–Trinajstić information content (AvgIpc) is 1.62. The maximum absolute atomic E-state index is 9.09. The minimum Gasteiger partial charge on any atom is -0.390 e. The van der Waals surface area contributed by atoms with Crippen LogP contribution in [-0.4, -0.2) is 23.4 Å². The Kier molecular flexibility index (Phi) is 0.866. The van der Waals surface area contributed by atoms with E-state index in [0.29, 0.717) is 6.10 Å². The van der Waals surface area contributed by atoms with E-state index in [0.717, 1.165) is 19.3 Å². The monoisotopic (exact) mass is 114 g/mol. The van der Waals surface area contributed by atoms with E-state index in [4.69, 9.17) is 9.84 Å². The largest absolute Gasteiger partial charge is 0.390 e. The molecular weight excluding hydrogens is 104 g/mol. The minimum atomic E-state index is -0.153. The summed E-state index contributed by atoms with van der Waals surface area (Å²) in [5, 5.41) is 9.09. The molecule has 1 aliphatic carbocycles. The highest BCUT2D eigenvalue weighted by molar-refractivity contribution is 4.89. The highest BCUT2D eigenvalue weighted by atomic mass is 16.5. The summed E-state index contributed by atoms with van der Waals surface area (Å²) in [4.78, 5) is 0. The van der Waals surface area contributed by atoms with E-state index >= 15 is 0 Å². The minimum absolute atomic E-state index is 0.153. The van der Waals surface area contributed by atoms with E-state index < -0.39 is 0 Å². The first-order chi connectivity index (χ1) is 3.86. The number of aliphatic hydroxyl groups excluding tert-OH is 1. The summed E-state index contributed by atoms with van der Waals surface area (Å²) in [7, 11) is 0. The average molecular weight is 114 g/mol. The van der Waals surface area contributed by atoms with E-state index in [1.807, 2.05) is 0 Å². The van der Waals surface area contributed by atoms with Crippen LogP contribution in [0.2, 0.25) is 0 Å². The number of ether oxygens (including phenoxy) is 1. The summed E-state index contributed by atoms with van der Waals surface area (Å²) in [6.07, 6.45) is 3.67. The zero-order valence-electron chi connectivity index (χ0n) is 4.71. The summed E-state index contributed by atoms with van der Waals surface area (Å²) in [6, 6.07) is 0. The van der Waals surface area contributed by atoms with Gasteiger partial charge in [-0.25, -0.2) is 0 Å². The highest BCUT2D eigenvalue weighted by Gasteiger charge is 2.40. The van der Waals surface area contributed by atoms with Gasteiger partial charge in [0, 0.05) is 6.42 Å². The Morgan fingerprint density at radius 2 is 2.12 bits per heavy atom. The van der Waals surface area contributed by atoms with Gasteiger partial charge in [-0.05, 0) is 12.8 Å². The fourth-order valence-corrected chi connectivity index (χ4v) is 1.47. The predicted molar refractivity (Wildman–Crippen MR) is 28.5 cm³/mol. The molecule has 2 aliphatic heterocycles. The van der Waals surface area contributed by atoms with Crippen LogP contribution in [0.25, 0.3) is 0 Å². The molecule has 3 fully saturated rings. The quantitative estimate of drug-likeness (QED) is 0.490. The van der Waals surface area contributed by atoms with Crippen LogP contribution >= 0.6 is 0 Å². The number of hydrogen-bond acceptors (Lipinski definition) is 2. The lowest BCUT2D eigenvalue weighted by atomic mass is 9.87. The first kappa shape index (κ1) is 4.77. The van der Waals surface area contributed by atoms with Crippen molar-refractivity contribution in [2.45, 2.75) is 37.6 Å². The van der Waals surface area contributed by atoms with Crippen LogP contribution < -0.4 is 0 Å². The lowest BCUT2D eigenvalue weighted by Crippen LogP contribution is -2.50. The number of fused-ring (bicyclic) bond motifs is 2. The van der Waals surface area contributed by atoms with Crippen LogP contribution in [0.5, 0.6) is 0 Å². The molecule has 3 aliphatic rings. The van der Waals surface area contributed by atoms with Gasteiger partial charge < -0.3 is 9.84 Å². The summed E-state index contributed by atoms with van der Waals surface area (Å²) in [5.41, 5.74) is 0. The second-order valence-corrected chi connectivity index (χ2v) is 2.68. The summed E-state index contributed by atoms with van der Waals surface area (Å²) < 4.78 is 5.24. The molecule has 0 aromatic rings. The van der Waals surface area contributed by atoms with E-state index in [9.17, 15) is 0 Å². The van der Waals surface area contributed by atoms with E-state index in [1.165, 1.54) is 0 Å². The maximum atomic E-state index is 9.09. The molecule has 0 aromatic carbocycles. The Bertz CT molecular complexity index is 91.2. The summed E-state index contributed by atoms with van der Waals surface area (Å²) in [5.74, 6) is 0. The van der Waals surface area contributed by atoms with E-state index in [1.54, 1.807) is 0 Å². The van der Waals surface area contributed by atoms with Gasteiger partial charge in [0.2, 0.25) is 0 Å². The second-order valence-electron chi connectivity index (χ2n) is 2.68. The topological polar surface area (TPSA) is 29.5 Å². The van der Waals surface area contributed by atoms with Crippen molar-refractivity contribution in [1.82, 2.24) is 0 Å². The third kappa shape index (κ3) is 0.501. The molecule has 1 N–H and O–H groups in total. The van der Waals surface area contributed by atoms with Crippen molar-refractivity contribution in [2.75, 3.05) is 0 Å². The standard InChI is InChI=1S/C6H10O2/c7-5-2-1-4-3-6(5)8-4/h4-7H,1-3H2.